The highest BCUT2D eigenvalue weighted by atomic mass is 19.1. The van der Waals surface area contributed by atoms with Crippen LogP contribution in [0.4, 0.5) is 15.8 Å². The number of anilines is 2. The van der Waals surface area contributed by atoms with E-state index in [1.807, 2.05) is 17.0 Å². The number of halogens is 1. The van der Waals surface area contributed by atoms with Crippen LogP contribution >= 0.6 is 0 Å². The molecule has 2 aromatic rings. The van der Waals surface area contributed by atoms with Gasteiger partial charge in [-0.25, -0.2) is 9.18 Å². The molecule has 1 heterocycles. The highest BCUT2D eigenvalue weighted by Gasteiger charge is 2.20. The van der Waals surface area contributed by atoms with E-state index in [0.717, 1.165) is 43.6 Å². The Hall–Kier alpha value is -2.76. The molecule has 1 N–H and O–H groups in total. The van der Waals surface area contributed by atoms with Crippen molar-refractivity contribution in [2.24, 2.45) is 0 Å². The summed E-state index contributed by atoms with van der Waals surface area (Å²) >= 11 is 0. The fourth-order valence-corrected chi connectivity index (χ4v) is 3.57. The summed E-state index contributed by atoms with van der Waals surface area (Å²) in [6.45, 7) is 5.86. The smallest absolute Gasteiger partial charge is 0.335 e. The monoisotopic (exact) mass is 400 g/mol. The summed E-state index contributed by atoms with van der Waals surface area (Å²) in [4.78, 5) is 15.2. The predicted molar refractivity (Wildman–Crippen MR) is 114 cm³/mol. The van der Waals surface area contributed by atoms with E-state index >= 15 is 0 Å². The number of unbranched alkanes of at least 4 members (excludes halogenated alkanes) is 3. The van der Waals surface area contributed by atoms with Gasteiger partial charge in [0.25, 0.3) is 0 Å². The fraction of sp³-hybridized carbons (Fsp3) is 0.435. The molecule has 6 heteroatoms. The summed E-state index contributed by atoms with van der Waals surface area (Å²) in [7, 11) is 0. The Kier molecular flexibility index (Phi) is 7.33. The van der Waals surface area contributed by atoms with Gasteiger partial charge in [0.15, 0.2) is 0 Å². The average Bonchev–Trinajstić information content (AvgIpc) is 2.74. The van der Waals surface area contributed by atoms with Crippen molar-refractivity contribution in [2.75, 3.05) is 42.6 Å². The largest absolute Gasteiger partial charge is 0.494 e. The molecule has 0 atom stereocenters. The second kappa shape index (κ2) is 10.1. The molecule has 0 aliphatic carbocycles. The SMILES string of the molecule is CCCCCCOc1ccc(N2CCN(c3ccc(C(=O)O)cc3F)CC2)cc1. The second-order valence-electron chi connectivity index (χ2n) is 7.35. The van der Waals surface area contributed by atoms with E-state index < -0.39 is 11.8 Å². The molecule has 156 valence electrons. The summed E-state index contributed by atoms with van der Waals surface area (Å²) in [6.07, 6.45) is 4.77. The van der Waals surface area contributed by atoms with Crippen LogP contribution in [-0.2, 0) is 0 Å². The first-order valence-corrected chi connectivity index (χ1v) is 10.3. The van der Waals surface area contributed by atoms with Crippen molar-refractivity contribution in [1.29, 1.82) is 0 Å². The van der Waals surface area contributed by atoms with Crippen molar-refractivity contribution in [1.82, 2.24) is 0 Å². The second-order valence-corrected chi connectivity index (χ2v) is 7.35. The number of ether oxygens (including phenoxy) is 1. The maximum absolute atomic E-state index is 14.3. The predicted octanol–water partition coefficient (Wildman–Crippen LogP) is 4.81. The molecule has 3 rings (SSSR count). The molecule has 0 unspecified atom stereocenters. The minimum atomic E-state index is -1.12. The molecular formula is C23H29FN2O3. The number of nitrogens with zero attached hydrogens (tertiary/aromatic N) is 2. The van der Waals surface area contributed by atoms with Crippen LogP contribution in [0.5, 0.6) is 5.75 Å². The molecule has 0 amide bonds. The van der Waals surface area contributed by atoms with Gasteiger partial charge in [0.2, 0.25) is 0 Å². The number of hydrogen-bond acceptors (Lipinski definition) is 4. The van der Waals surface area contributed by atoms with Crippen LogP contribution in [0.2, 0.25) is 0 Å². The third-order valence-electron chi connectivity index (χ3n) is 5.28. The molecule has 0 radical (unpaired) electrons. The molecule has 1 saturated heterocycles. The van der Waals surface area contributed by atoms with Crippen molar-refractivity contribution in [3.8, 4) is 5.75 Å². The molecule has 0 spiro atoms. The van der Waals surface area contributed by atoms with Crippen LogP contribution in [0.1, 0.15) is 43.0 Å². The maximum atomic E-state index is 14.3. The number of carboxylic acids is 1. The van der Waals surface area contributed by atoms with Gasteiger partial charge in [-0.2, -0.15) is 0 Å². The zero-order chi connectivity index (χ0) is 20.6. The van der Waals surface area contributed by atoms with Crippen LogP contribution in [0.25, 0.3) is 0 Å². The lowest BCUT2D eigenvalue weighted by molar-refractivity contribution is 0.0696. The first kappa shape index (κ1) is 21.0. The van der Waals surface area contributed by atoms with Crippen LogP contribution in [0.15, 0.2) is 42.5 Å². The number of aromatic carboxylic acids is 1. The van der Waals surface area contributed by atoms with Crippen molar-refractivity contribution >= 4 is 17.3 Å². The van der Waals surface area contributed by atoms with Crippen LogP contribution in [0.3, 0.4) is 0 Å². The third kappa shape index (κ3) is 5.62. The van der Waals surface area contributed by atoms with Crippen LogP contribution < -0.4 is 14.5 Å². The number of benzene rings is 2. The summed E-state index contributed by atoms with van der Waals surface area (Å²) in [5.41, 5.74) is 1.56. The van der Waals surface area contributed by atoms with Gasteiger partial charge in [-0.05, 0) is 48.9 Å². The molecule has 0 bridgehead atoms. The van der Waals surface area contributed by atoms with Gasteiger partial charge < -0.3 is 19.6 Å². The molecule has 1 aliphatic heterocycles. The molecule has 5 nitrogen and oxygen atoms in total. The van der Waals surface area contributed by atoms with Gasteiger partial charge in [-0.15, -0.1) is 0 Å². The molecule has 1 fully saturated rings. The normalized spacial score (nSPS) is 14.1. The van der Waals surface area contributed by atoms with Gasteiger partial charge in [-0.1, -0.05) is 26.2 Å². The lowest BCUT2D eigenvalue weighted by Gasteiger charge is -2.37. The fourth-order valence-electron chi connectivity index (χ4n) is 3.57. The zero-order valence-electron chi connectivity index (χ0n) is 16.9. The zero-order valence-corrected chi connectivity index (χ0v) is 16.9. The minimum absolute atomic E-state index is 0.0300. The number of rotatable bonds is 9. The molecule has 29 heavy (non-hydrogen) atoms. The molecule has 0 aromatic heterocycles. The molecule has 0 saturated carbocycles. The highest BCUT2D eigenvalue weighted by Crippen LogP contribution is 2.25. The Bertz CT molecular complexity index is 802. The van der Waals surface area contributed by atoms with Crippen molar-refractivity contribution in [3.63, 3.8) is 0 Å². The summed E-state index contributed by atoms with van der Waals surface area (Å²) in [6, 6.07) is 12.2. The topological polar surface area (TPSA) is 53.0 Å². The Morgan fingerprint density at radius 2 is 1.69 bits per heavy atom. The number of carbonyl (C=O) groups is 1. The lowest BCUT2D eigenvalue weighted by atomic mass is 10.1. The van der Waals surface area contributed by atoms with Gasteiger partial charge in [-0.3, -0.25) is 0 Å². The third-order valence-corrected chi connectivity index (χ3v) is 5.28. The Morgan fingerprint density at radius 1 is 1.00 bits per heavy atom. The lowest BCUT2D eigenvalue weighted by Crippen LogP contribution is -2.46. The van der Waals surface area contributed by atoms with E-state index in [4.69, 9.17) is 9.84 Å². The molecule has 2 aromatic carbocycles. The first-order valence-electron chi connectivity index (χ1n) is 10.3. The van der Waals surface area contributed by atoms with E-state index in [2.05, 4.69) is 24.0 Å². The first-order chi connectivity index (χ1) is 14.1. The van der Waals surface area contributed by atoms with Crippen molar-refractivity contribution < 1.29 is 19.0 Å². The van der Waals surface area contributed by atoms with Crippen molar-refractivity contribution in [3.05, 3.63) is 53.8 Å². The standard InChI is InChI=1S/C23H29FN2O3/c1-2-3-4-5-16-29-20-9-7-19(8-10-20)25-12-14-26(15-13-25)22-11-6-18(23(27)28)17-21(22)24/h6-11,17H,2-5,12-16H2,1H3,(H,27,28). The number of carboxylic acid groups (broad SMARTS) is 1. The Morgan fingerprint density at radius 3 is 2.31 bits per heavy atom. The van der Waals surface area contributed by atoms with Gasteiger partial charge in [0.05, 0.1) is 17.9 Å². The van der Waals surface area contributed by atoms with E-state index in [1.54, 1.807) is 6.07 Å². The van der Waals surface area contributed by atoms with E-state index in [-0.39, 0.29) is 5.56 Å². The summed E-state index contributed by atoms with van der Waals surface area (Å²) < 4.78 is 20.1. The summed E-state index contributed by atoms with van der Waals surface area (Å²) in [5, 5.41) is 8.98. The van der Waals surface area contributed by atoms with Gasteiger partial charge in [0, 0.05) is 31.9 Å². The van der Waals surface area contributed by atoms with Crippen LogP contribution in [0, 0.1) is 5.82 Å². The van der Waals surface area contributed by atoms with Gasteiger partial charge in [0.1, 0.15) is 11.6 Å². The summed E-state index contributed by atoms with van der Waals surface area (Å²) in [5.74, 6) is -0.711. The molecule has 1 aliphatic rings. The number of hydrogen-bond donors (Lipinski definition) is 1. The highest BCUT2D eigenvalue weighted by molar-refractivity contribution is 5.88. The van der Waals surface area contributed by atoms with E-state index in [0.29, 0.717) is 18.8 Å². The van der Waals surface area contributed by atoms with E-state index in [9.17, 15) is 9.18 Å². The van der Waals surface area contributed by atoms with E-state index in [1.165, 1.54) is 25.3 Å². The maximum Gasteiger partial charge on any atom is 0.335 e. The Balaban J connectivity index is 1.51. The van der Waals surface area contributed by atoms with Crippen molar-refractivity contribution in [2.45, 2.75) is 32.6 Å². The number of piperazine rings is 1. The minimum Gasteiger partial charge on any atom is -0.494 e. The molecular weight excluding hydrogens is 371 g/mol. The van der Waals surface area contributed by atoms with Crippen LogP contribution in [-0.4, -0.2) is 43.9 Å². The quantitative estimate of drug-likeness (QED) is 0.612. The van der Waals surface area contributed by atoms with Gasteiger partial charge >= 0.3 is 5.97 Å². The average molecular weight is 400 g/mol. The Labute approximate surface area is 171 Å².